The van der Waals surface area contributed by atoms with Crippen LogP contribution in [0.25, 0.3) is 0 Å². The maximum atomic E-state index is 10.5. The summed E-state index contributed by atoms with van der Waals surface area (Å²) in [6.45, 7) is 0.598. The fraction of sp³-hybridized carbons (Fsp3) is 0.214. The molecule has 0 N–H and O–H groups in total. The number of methoxy groups -OCH3 is 1. The Hall–Kier alpha value is -2.23. The van der Waals surface area contributed by atoms with Crippen LogP contribution < -0.4 is 9.64 Å². The molecule has 1 aromatic heterocycles. The second-order valence-electron chi connectivity index (χ2n) is 3.98. The fourth-order valence-corrected chi connectivity index (χ4v) is 1.72. The van der Waals surface area contributed by atoms with Crippen molar-refractivity contribution in [3.05, 3.63) is 47.9 Å². The van der Waals surface area contributed by atoms with Gasteiger partial charge in [0.15, 0.2) is 12.0 Å². The van der Waals surface area contributed by atoms with Gasteiger partial charge in [-0.2, -0.15) is 0 Å². The molecular formula is C14H15NO3. The Bertz CT molecular complexity index is 533. The van der Waals surface area contributed by atoms with E-state index < -0.39 is 0 Å². The summed E-state index contributed by atoms with van der Waals surface area (Å²) >= 11 is 0. The van der Waals surface area contributed by atoms with Gasteiger partial charge in [0.25, 0.3) is 0 Å². The molecule has 0 aliphatic carbocycles. The number of aldehydes is 1. The summed E-state index contributed by atoms with van der Waals surface area (Å²) in [6, 6.07) is 11.2. The minimum atomic E-state index is 0.351. The third kappa shape index (κ3) is 2.71. The molecule has 0 bridgehead atoms. The first kappa shape index (κ1) is 12.2. The Morgan fingerprint density at radius 1 is 1.33 bits per heavy atom. The third-order valence-electron chi connectivity index (χ3n) is 2.69. The summed E-state index contributed by atoms with van der Waals surface area (Å²) in [7, 11) is 3.60. The molecule has 18 heavy (non-hydrogen) atoms. The van der Waals surface area contributed by atoms with Crippen molar-refractivity contribution in [2.45, 2.75) is 6.54 Å². The van der Waals surface area contributed by atoms with Crippen molar-refractivity contribution in [2.75, 3.05) is 19.1 Å². The van der Waals surface area contributed by atoms with Crippen LogP contribution in [0.4, 0.5) is 5.69 Å². The van der Waals surface area contributed by atoms with E-state index in [-0.39, 0.29) is 0 Å². The lowest BCUT2D eigenvalue weighted by molar-refractivity contribution is 0.109. The number of rotatable bonds is 5. The Kier molecular flexibility index (Phi) is 3.67. The van der Waals surface area contributed by atoms with E-state index >= 15 is 0 Å². The number of ether oxygens (including phenoxy) is 1. The van der Waals surface area contributed by atoms with Gasteiger partial charge in [-0.25, -0.2) is 0 Å². The quantitative estimate of drug-likeness (QED) is 0.760. The first-order valence-corrected chi connectivity index (χ1v) is 5.62. The number of hydrogen-bond acceptors (Lipinski definition) is 4. The van der Waals surface area contributed by atoms with Crippen LogP contribution in [-0.4, -0.2) is 20.4 Å². The number of carbonyl (C=O) groups excluding carboxylic acids is 1. The smallest absolute Gasteiger partial charge is 0.185 e. The van der Waals surface area contributed by atoms with Gasteiger partial charge in [-0.3, -0.25) is 4.79 Å². The van der Waals surface area contributed by atoms with Gasteiger partial charge in [-0.05, 0) is 24.3 Å². The van der Waals surface area contributed by atoms with Crippen LogP contribution in [0, 0.1) is 0 Å². The van der Waals surface area contributed by atoms with Crippen molar-refractivity contribution in [2.24, 2.45) is 0 Å². The van der Waals surface area contributed by atoms with Crippen LogP contribution in [0.3, 0.4) is 0 Å². The summed E-state index contributed by atoms with van der Waals surface area (Å²) in [6.07, 6.45) is 0.703. The van der Waals surface area contributed by atoms with Crippen molar-refractivity contribution in [3.8, 4) is 5.75 Å². The average molecular weight is 245 g/mol. The predicted molar refractivity (Wildman–Crippen MR) is 69.2 cm³/mol. The number of carbonyl (C=O) groups is 1. The Labute approximate surface area is 106 Å². The van der Waals surface area contributed by atoms with Crippen molar-refractivity contribution in [1.29, 1.82) is 0 Å². The summed E-state index contributed by atoms with van der Waals surface area (Å²) in [5.41, 5.74) is 1.03. The van der Waals surface area contributed by atoms with Crippen LogP contribution in [0.1, 0.15) is 16.3 Å². The molecule has 0 fully saturated rings. The molecular weight excluding hydrogens is 230 g/mol. The number of anilines is 1. The zero-order chi connectivity index (χ0) is 13.0. The van der Waals surface area contributed by atoms with Gasteiger partial charge in [-0.15, -0.1) is 0 Å². The molecule has 2 aromatic rings. The molecule has 4 nitrogen and oxygen atoms in total. The average Bonchev–Trinajstić information content (AvgIpc) is 2.86. The third-order valence-corrected chi connectivity index (χ3v) is 2.69. The van der Waals surface area contributed by atoms with E-state index in [0.717, 1.165) is 17.2 Å². The van der Waals surface area contributed by atoms with Gasteiger partial charge in [0, 0.05) is 18.8 Å². The fourth-order valence-electron chi connectivity index (χ4n) is 1.72. The standard InChI is InChI=1S/C14H15NO3/c1-15(9-13-6-7-14(10-16)18-13)11-4-3-5-12(8-11)17-2/h3-8,10H,9H2,1-2H3. The second-order valence-corrected chi connectivity index (χ2v) is 3.98. The van der Waals surface area contributed by atoms with Crippen molar-refractivity contribution >= 4 is 12.0 Å². The van der Waals surface area contributed by atoms with Crippen molar-refractivity contribution in [1.82, 2.24) is 0 Å². The predicted octanol–water partition coefficient (Wildman–Crippen LogP) is 2.74. The molecule has 0 aliphatic heterocycles. The maximum Gasteiger partial charge on any atom is 0.185 e. The summed E-state index contributed by atoms with van der Waals surface area (Å²) < 4.78 is 10.5. The van der Waals surface area contributed by atoms with Crippen LogP contribution in [0.2, 0.25) is 0 Å². The van der Waals surface area contributed by atoms with Crippen LogP contribution >= 0.6 is 0 Å². The van der Waals surface area contributed by atoms with E-state index in [1.54, 1.807) is 19.2 Å². The first-order chi connectivity index (χ1) is 8.72. The highest BCUT2D eigenvalue weighted by Crippen LogP contribution is 2.21. The molecule has 0 amide bonds. The monoisotopic (exact) mass is 245 g/mol. The van der Waals surface area contributed by atoms with E-state index in [1.807, 2.05) is 36.2 Å². The van der Waals surface area contributed by atoms with Gasteiger partial charge in [0.05, 0.1) is 13.7 Å². The molecule has 1 heterocycles. The van der Waals surface area contributed by atoms with E-state index in [9.17, 15) is 4.79 Å². The van der Waals surface area contributed by atoms with E-state index in [0.29, 0.717) is 18.6 Å². The number of furan rings is 1. The molecule has 0 aliphatic rings. The molecule has 0 unspecified atom stereocenters. The number of nitrogens with zero attached hydrogens (tertiary/aromatic N) is 1. The highest BCUT2D eigenvalue weighted by atomic mass is 16.5. The lowest BCUT2D eigenvalue weighted by Crippen LogP contribution is -2.15. The number of hydrogen-bond donors (Lipinski definition) is 0. The van der Waals surface area contributed by atoms with Gasteiger partial charge in [-0.1, -0.05) is 6.07 Å². The number of benzene rings is 1. The molecule has 2 rings (SSSR count). The molecule has 0 saturated carbocycles. The summed E-state index contributed by atoms with van der Waals surface area (Å²) in [5.74, 6) is 1.92. The zero-order valence-electron chi connectivity index (χ0n) is 10.4. The van der Waals surface area contributed by atoms with E-state index in [4.69, 9.17) is 9.15 Å². The van der Waals surface area contributed by atoms with E-state index in [1.165, 1.54) is 0 Å². The molecule has 94 valence electrons. The van der Waals surface area contributed by atoms with Gasteiger partial charge < -0.3 is 14.1 Å². The Morgan fingerprint density at radius 2 is 2.17 bits per heavy atom. The molecule has 0 atom stereocenters. The highest BCUT2D eigenvalue weighted by molar-refractivity contribution is 5.70. The SMILES string of the molecule is COc1cccc(N(C)Cc2ccc(C=O)o2)c1. The van der Waals surface area contributed by atoms with Crippen LogP contribution in [0.15, 0.2) is 40.8 Å². The molecule has 0 spiro atoms. The minimum Gasteiger partial charge on any atom is -0.497 e. The zero-order valence-corrected chi connectivity index (χ0v) is 10.4. The second kappa shape index (κ2) is 5.40. The van der Waals surface area contributed by atoms with Crippen LogP contribution in [-0.2, 0) is 6.54 Å². The minimum absolute atomic E-state index is 0.351. The largest absolute Gasteiger partial charge is 0.497 e. The topological polar surface area (TPSA) is 42.7 Å². The highest BCUT2D eigenvalue weighted by Gasteiger charge is 2.06. The summed E-state index contributed by atoms with van der Waals surface area (Å²) in [5, 5.41) is 0. The van der Waals surface area contributed by atoms with Gasteiger partial charge in [0.2, 0.25) is 0 Å². The Balaban J connectivity index is 2.10. The molecule has 1 aromatic carbocycles. The Morgan fingerprint density at radius 3 is 2.83 bits per heavy atom. The first-order valence-electron chi connectivity index (χ1n) is 5.62. The van der Waals surface area contributed by atoms with Crippen molar-refractivity contribution in [3.63, 3.8) is 0 Å². The molecule has 0 radical (unpaired) electrons. The van der Waals surface area contributed by atoms with E-state index in [2.05, 4.69) is 0 Å². The molecule has 0 saturated heterocycles. The van der Waals surface area contributed by atoms with Crippen molar-refractivity contribution < 1.29 is 13.9 Å². The maximum absolute atomic E-state index is 10.5. The van der Waals surface area contributed by atoms with Gasteiger partial charge >= 0.3 is 0 Å². The van der Waals surface area contributed by atoms with Crippen LogP contribution in [0.5, 0.6) is 5.75 Å². The molecule has 4 heteroatoms. The lowest BCUT2D eigenvalue weighted by atomic mass is 10.2. The normalized spacial score (nSPS) is 10.1. The lowest BCUT2D eigenvalue weighted by Gasteiger charge is -2.18. The summed E-state index contributed by atoms with van der Waals surface area (Å²) in [4.78, 5) is 12.6. The van der Waals surface area contributed by atoms with Gasteiger partial charge in [0.1, 0.15) is 11.5 Å².